The number of rotatable bonds is 3. The lowest BCUT2D eigenvalue weighted by Gasteiger charge is -2.19. The van der Waals surface area contributed by atoms with E-state index in [1.165, 1.54) is 10.3 Å². The molecule has 2 aliphatic carbocycles. The number of anilines is 1. The Morgan fingerprint density at radius 3 is 2.03 bits per heavy atom. The first-order valence-corrected chi connectivity index (χ1v) is 10.3. The molecule has 3 fully saturated rings. The third kappa shape index (κ3) is 2.52. The fourth-order valence-electron chi connectivity index (χ4n) is 5.69. The third-order valence-corrected chi connectivity index (χ3v) is 6.98. The van der Waals surface area contributed by atoms with Gasteiger partial charge in [-0.15, -0.1) is 0 Å². The Hall–Kier alpha value is -3.14. The van der Waals surface area contributed by atoms with Crippen LogP contribution in [0.5, 0.6) is 11.5 Å². The maximum Gasteiger partial charge on any atom is 0.237 e. The number of ether oxygens (including phenoxy) is 1. The number of hydrogen-bond acceptors (Lipinski definition) is 3. The summed E-state index contributed by atoms with van der Waals surface area (Å²) >= 11 is 0. The number of amides is 2. The molecule has 2 saturated carbocycles. The number of hydrogen-bond donors (Lipinski definition) is 0. The van der Waals surface area contributed by atoms with Crippen LogP contribution in [0.25, 0.3) is 10.8 Å². The van der Waals surface area contributed by atoms with Crippen LogP contribution in [0.15, 0.2) is 66.7 Å². The SMILES string of the molecule is O=C1[C@@H]2[C@H]3CC[C@@H](C3)[C@@H]2C(=O)N1c1ccc(Oc2ccc3ccccc3c2)cc1. The van der Waals surface area contributed by atoms with E-state index >= 15 is 0 Å². The minimum Gasteiger partial charge on any atom is -0.457 e. The van der Waals surface area contributed by atoms with E-state index in [2.05, 4.69) is 12.1 Å². The summed E-state index contributed by atoms with van der Waals surface area (Å²) in [5.74, 6) is 2.07. The van der Waals surface area contributed by atoms with Gasteiger partial charge in [-0.3, -0.25) is 14.5 Å². The zero-order valence-electron chi connectivity index (χ0n) is 16.0. The first-order valence-electron chi connectivity index (χ1n) is 10.3. The van der Waals surface area contributed by atoms with Gasteiger partial charge in [-0.1, -0.05) is 30.3 Å². The summed E-state index contributed by atoms with van der Waals surface area (Å²) in [5, 5.41) is 2.29. The average Bonchev–Trinajstić information content (AvgIpc) is 3.43. The molecule has 2 amide bonds. The number of carbonyl (C=O) groups is 2. The molecule has 144 valence electrons. The van der Waals surface area contributed by atoms with Gasteiger partial charge in [-0.05, 0) is 78.3 Å². The highest BCUT2D eigenvalue weighted by Gasteiger charge is 2.61. The number of carbonyl (C=O) groups excluding carboxylic acids is 2. The molecule has 4 atom stereocenters. The van der Waals surface area contributed by atoms with Gasteiger partial charge < -0.3 is 4.74 Å². The Kier molecular flexibility index (Phi) is 3.58. The summed E-state index contributed by atoms with van der Waals surface area (Å²) in [5.41, 5.74) is 0.652. The van der Waals surface area contributed by atoms with E-state index in [1.807, 2.05) is 54.6 Å². The number of benzene rings is 3. The van der Waals surface area contributed by atoms with Crippen molar-refractivity contribution in [2.24, 2.45) is 23.7 Å². The fourth-order valence-corrected chi connectivity index (χ4v) is 5.69. The number of imide groups is 1. The van der Waals surface area contributed by atoms with Crippen LogP contribution in [0.4, 0.5) is 5.69 Å². The van der Waals surface area contributed by atoms with Crippen LogP contribution in [-0.2, 0) is 9.59 Å². The van der Waals surface area contributed by atoms with E-state index in [1.54, 1.807) is 0 Å². The highest BCUT2D eigenvalue weighted by molar-refractivity contribution is 6.22. The molecule has 4 heteroatoms. The van der Waals surface area contributed by atoms with Crippen molar-refractivity contribution in [1.82, 2.24) is 0 Å². The molecule has 0 N–H and O–H groups in total. The smallest absolute Gasteiger partial charge is 0.237 e. The second kappa shape index (κ2) is 6.18. The van der Waals surface area contributed by atoms with Crippen LogP contribution in [-0.4, -0.2) is 11.8 Å². The molecular weight excluding hydrogens is 362 g/mol. The van der Waals surface area contributed by atoms with E-state index in [-0.39, 0.29) is 23.7 Å². The van der Waals surface area contributed by atoms with E-state index in [0.29, 0.717) is 23.3 Å². The molecule has 0 spiro atoms. The third-order valence-electron chi connectivity index (χ3n) is 6.98. The van der Waals surface area contributed by atoms with E-state index in [9.17, 15) is 9.59 Å². The van der Waals surface area contributed by atoms with Gasteiger partial charge in [-0.25, -0.2) is 0 Å². The molecule has 4 nitrogen and oxygen atoms in total. The van der Waals surface area contributed by atoms with Crippen LogP contribution in [0, 0.1) is 23.7 Å². The highest BCUT2D eigenvalue weighted by Crippen LogP contribution is 2.56. The van der Waals surface area contributed by atoms with Crippen molar-refractivity contribution < 1.29 is 14.3 Å². The molecule has 6 rings (SSSR count). The molecule has 3 aromatic carbocycles. The molecule has 3 aliphatic rings. The Labute approximate surface area is 169 Å². The predicted molar refractivity (Wildman–Crippen MR) is 111 cm³/mol. The molecule has 0 unspecified atom stereocenters. The van der Waals surface area contributed by atoms with Crippen molar-refractivity contribution in [3.8, 4) is 11.5 Å². The average molecular weight is 383 g/mol. The van der Waals surface area contributed by atoms with Gasteiger partial charge in [0, 0.05) is 0 Å². The van der Waals surface area contributed by atoms with Crippen molar-refractivity contribution >= 4 is 28.3 Å². The molecule has 29 heavy (non-hydrogen) atoms. The molecule has 2 bridgehead atoms. The van der Waals surface area contributed by atoms with Gasteiger partial charge in [0.1, 0.15) is 11.5 Å². The summed E-state index contributed by atoms with van der Waals surface area (Å²) in [6.45, 7) is 0. The van der Waals surface area contributed by atoms with Gasteiger partial charge in [0.25, 0.3) is 0 Å². The quantitative estimate of drug-likeness (QED) is 0.587. The van der Waals surface area contributed by atoms with Crippen LogP contribution >= 0.6 is 0 Å². The van der Waals surface area contributed by atoms with Gasteiger partial charge in [0.2, 0.25) is 11.8 Å². The molecule has 1 saturated heterocycles. The monoisotopic (exact) mass is 383 g/mol. The summed E-state index contributed by atoms with van der Waals surface area (Å²) in [4.78, 5) is 27.3. The van der Waals surface area contributed by atoms with E-state index in [4.69, 9.17) is 4.74 Å². The van der Waals surface area contributed by atoms with E-state index < -0.39 is 0 Å². The van der Waals surface area contributed by atoms with Gasteiger partial charge in [0.05, 0.1) is 17.5 Å². The zero-order chi connectivity index (χ0) is 19.5. The van der Waals surface area contributed by atoms with Crippen molar-refractivity contribution in [2.75, 3.05) is 4.90 Å². The zero-order valence-corrected chi connectivity index (χ0v) is 16.0. The second-order valence-electron chi connectivity index (χ2n) is 8.50. The Morgan fingerprint density at radius 1 is 0.724 bits per heavy atom. The van der Waals surface area contributed by atoms with Crippen LogP contribution < -0.4 is 9.64 Å². The molecule has 0 aromatic heterocycles. The number of fused-ring (bicyclic) bond motifs is 6. The Morgan fingerprint density at radius 2 is 1.34 bits per heavy atom. The van der Waals surface area contributed by atoms with Crippen molar-refractivity contribution in [1.29, 1.82) is 0 Å². The largest absolute Gasteiger partial charge is 0.457 e. The van der Waals surface area contributed by atoms with Crippen molar-refractivity contribution in [2.45, 2.75) is 19.3 Å². The molecule has 3 aromatic rings. The molecule has 0 radical (unpaired) electrons. The minimum absolute atomic E-state index is 0.00426. The maximum absolute atomic E-state index is 13.0. The Bertz CT molecular complexity index is 1110. The van der Waals surface area contributed by atoms with Gasteiger partial charge >= 0.3 is 0 Å². The standard InChI is InChI=1S/C25H21NO3/c27-24-22-17-5-6-18(13-17)23(22)25(28)26(24)19-8-11-20(12-9-19)29-21-10-7-15-3-1-2-4-16(15)14-21/h1-4,7-12,14,17-18,22-23H,5-6,13H2/t17-,18-,22-,23+/m0/s1. The highest BCUT2D eigenvalue weighted by atomic mass is 16.5. The summed E-state index contributed by atoms with van der Waals surface area (Å²) in [6.07, 6.45) is 3.24. The van der Waals surface area contributed by atoms with Gasteiger partial charge in [0.15, 0.2) is 0 Å². The first-order chi connectivity index (χ1) is 14.2. The summed E-state index contributed by atoms with van der Waals surface area (Å²) in [6, 6.07) is 21.4. The Balaban J connectivity index is 1.24. The molecular formula is C25H21NO3. The van der Waals surface area contributed by atoms with Crippen LogP contribution in [0.3, 0.4) is 0 Å². The first kappa shape index (κ1) is 16.8. The lowest BCUT2D eigenvalue weighted by Crippen LogP contribution is -2.32. The van der Waals surface area contributed by atoms with Crippen LogP contribution in [0.1, 0.15) is 19.3 Å². The topological polar surface area (TPSA) is 46.6 Å². The maximum atomic E-state index is 13.0. The van der Waals surface area contributed by atoms with Gasteiger partial charge in [-0.2, -0.15) is 0 Å². The number of nitrogens with zero attached hydrogens (tertiary/aromatic N) is 1. The second-order valence-corrected chi connectivity index (χ2v) is 8.50. The molecule has 1 heterocycles. The summed E-state index contributed by atoms with van der Waals surface area (Å²) < 4.78 is 5.99. The van der Waals surface area contributed by atoms with Crippen LogP contribution in [0.2, 0.25) is 0 Å². The van der Waals surface area contributed by atoms with E-state index in [0.717, 1.165) is 30.4 Å². The lowest BCUT2D eigenvalue weighted by atomic mass is 9.81. The minimum atomic E-state index is -0.0882. The van der Waals surface area contributed by atoms with Crippen molar-refractivity contribution in [3.05, 3.63) is 66.7 Å². The fraction of sp³-hybridized carbons (Fsp3) is 0.280. The molecule has 1 aliphatic heterocycles. The lowest BCUT2D eigenvalue weighted by molar-refractivity contribution is -0.123. The van der Waals surface area contributed by atoms with Crippen molar-refractivity contribution in [3.63, 3.8) is 0 Å². The predicted octanol–water partition coefficient (Wildman–Crippen LogP) is 5.17. The summed E-state index contributed by atoms with van der Waals surface area (Å²) in [7, 11) is 0. The normalized spacial score (nSPS) is 27.7.